The highest BCUT2D eigenvalue weighted by Gasteiger charge is 2.38. The summed E-state index contributed by atoms with van der Waals surface area (Å²) in [7, 11) is 1.82. The van der Waals surface area contributed by atoms with Gasteiger partial charge in [0, 0.05) is 12.5 Å². The van der Waals surface area contributed by atoms with Crippen LogP contribution in [-0.2, 0) is 4.74 Å². The van der Waals surface area contributed by atoms with E-state index in [9.17, 15) is 0 Å². The fourth-order valence-electron chi connectivity index (χ4n) is 2.55. The molecule has 1 unspecified atom stereocenters. The second-order valence-electron chi connectivity index (χ2n) is 5.42. The molecular weight excluding hydrogens is 220 g/mol. The smallest absolute Gasteiger partial charge is 0.0604 e. The van der Waals surface area contributed by atoms with Crippen LogP contribution >= 0.6 is 11.6 Å². The summed E-state index contributed by atoms with van der Waals surface area (Å²) < 4.78 is 5.33. The molecule has 1 aliphatic carbocycles. The zero-order valence-corrected chi connectivity index (χ0v) is 12.0. The Morgan fingerprint density at radius 1 is 1.31 bits per heavy atom. The number of rotatable bonds is 8. The minimum Gasteiger partial charge on any atom is -0.381 e. The van der Waals surface area contributed by atoms with Crippen LogP contribution in [0.2, 0.25) is 0 Å². The molecule has 2 heteroatoms. The number of hydrogen-bond acceptors (Lipinski definition) is 1. The van der Waals surface area contributed by atoms with E-state index in [4.69, 9.17) is 16.3 Å². The molecule has 0 N–H and O–H groups in total. The zero-order chi connectivity index (χ0) is 12.1. The van der Waals surface area contributed by atoms with Gasteiger partial charge in [0.1, 0.15) is 0 Å². The number of halogens is 1. The fraction of sp³-hybridized carbons (Fsp3) is 1.00. The van der Waals surface area contributed by atoms with E-state index in [1.54, 1.807) is 0 Å². The molecule has 1 nitrogen and oxygen atoms in total. The normalized spacial score (nSPS) is 28.1. The van der Waals surface area contributed by atoms with Gasteiger partial charge in [-0.1, -0.05) is 33.6 Å². The molecule has 1 saturated carbocycles. The van der Waals surface area contributed by atoms with Gasteiger partial charge in [0.15, 0.2) is 0 Å². The molecule has 0 radical (unpaired) electrons. The van der Waals surface area contributed by atoms with Crippen molar-refractivity contribution in [1.82, 2.24) is 0 Å². The Labute approximate surface area is 106 Å². The topological polar surface area (TPSA) is 9.23 Å². The van der Waals surface area contributed by atoms with Gasteiger partial charge in [-0.15, -0.1) is 11.6 Å². The largest absolute Gasteiger partial charge is 0.381 e. The molecule has 16 heavy (non-hydrogen) atoms. The van der Waals surface area contributed by atoms with E-state index in [-0.39, 0.29) is 0 Å². The third-order valence-electron chi connectivity index (χ3n) is 4.17. The van der Waals surface area contributed by atoms with E-state index < -0.39 is 0 Å². The Balaban J connectivity index is 2.22. The quantitative estimate of drug-likeness (QED) is 0.574. The first-order valence-electron chi connectivity index (χ1n) is 6.79. The molecule has 1 fully saturated rings. The van der Waals surface area contributed by atoms with Crippen LogP contribution in [-0.4, -0.2) is 18.6 Å². The molecule has 0 bridgehead atoms. The minimum absolute atomic E-state index is 0.350. The first-order valence-corrected chi connectivity index (χ1v) is 7.22. The standard InChI is InChI=1S/C14H27ClO/c1-5-11(6-2)8-13(15)10(3)7-12-9-14(12)16-4/h10-14H,5-9H2,1-4H3/t10-,12?,13-,14-/m1/s1. The number of hydrogen-bond donors (Lipinski definition) is 0. The van der Waals surface area contributed by atoms with Crippen LogP contribution in [0.15, 0.2) is 0 Å². The van der Waals surface area contributed by atoms with Crippen molar-refractivity contribution in [3.8, 4) is 0 Å². The molecule has 0 aromatic carbocycles. The molecule has 4 atom stereocenters. The van der Waals surface area contributed by atoms with Crippen LogP contribution in [0.3, 0.4) is 0 Å². The molecule has 0 aromatic rings. The van der Waals surface area contributed by atoms with E-state index in [2.05, 4.69) is 20.8 Å². The van der Waals surface area contributed by atoms with Crippen LogP contribution in [0.5, 0.6) is 0 Å². The van der Waals surface area contributed by atoms with E-state index in [0.29, 0.717) is 17.4 Å². The van der Waals surface area contributed by atoms with Gasteiger partial charge in [-0.25, -0.2) is 0 Å². The van der Waals surface area contributed by atoms with Gasteiger partial charge in [-0.05, 0) is 37.0 Å². The highest BCUT2D eigenvalue weighted by atomic mass is 35.5. The van der Waals surface area contributed by atoms with E-state index in [0.717, 1.165) is 11.8 Å². The highest BCUT2D eigenvalue weighted by Crippen LogP contribution is 2.40. The summed E-state index contributed by atoms with van der Waals surface area (Å²) in [5, 5.41) is 0.350. The lowest BCUT2D eigenvalue weighted by Crippen LogP contribution is -2.17. The SMILES string of the molecule is CCC(CC)C[C@@H](Cl)[C@H](C)CC1C[C@H]1OC. The fourth-order valence-corrected chi connectivity index (χ4v) is 2.91. The summed E-state index contributed by atoms with van der Waals surface area (Å²) >= 11 is 6.51. The Morgan fingerprint density at radius 2 is 1.94 bits per heavy atom. The summed E-state index contributed by atoms with van der Waals surface area (Å²) in [4.78, 5) is 0. The Kier molecular flexibility index (Phi) is 6.13. The maximum atomic E-state index is 6.51. The molecule has 0 aliphatic heterocycles. The second kappa shape index (κ2) is 6.86. The molecule has 0 aromatic heterocycles. The third kappa shape index (κ3) is 4.25. The van der Waals surface area contributed by atoms with E-state index in [1.165, 1.54) is 32.1 Å². The van der Waals surface area contributed by atoms with Gasteiger partial charge >= 0.3 is 0 Å². The van der Waals surface area contributed by atoms with Crippen molar-refractivity contribution in [3.63, 3.8) is 0 Å². The molecule has 96 valence electrons. The van der Waals surface area contributed by atoms with Crippen molar-refractivity contribution in [1.29, 1.82) is 0 Å². The number of methoxy groups -OCH3 is 1. The molecule has 0 amide bonds. The van der Waals surface area contributed by atoms with Crippen LogP contribution in [0, 0.1) is 17.8 Å². The summed E-state index contributed by atoms with van der Waals surface area (Å²) in [6.45, 7) is 6.83. The molecule has 0 saturated heterocycles. The predicted octanol–water partition coefficient (Wildman–Crippen LogP) is 4.48. The maximum Gasteiger partial charge on any atom is 0.0604 e. The van der Waals surface area contributed by atoms with Gasteiger partial charge in [0.2, 0.25) is 0 Å². The first kappa shape index (κ1) is 14.3. The van der Waals surface area contributed by atoms with Crippen LogP contribution in [0.25, 0.3) is 0 Å². The minimum atomic E-state index is 0.350. The molecule has 0 spiro atoms. The summed E-state index contributed by atoms with van der Waals surface area (Å²) in [6, 6.07) is 0. The average molecular weight is 247 g/mol. The van der Waals surface area contributed by atoms with Crippen molar-refractivity contribution in [2.75, 3.05) is 7.11 Å². The molecule has 1 aliphatic rings. The van der Waals surface area contributed by atoms with Crippen molar-refractivity contribution in [2.24, 2.45) is 17.8 Å². The van der Waals surface area contributed by atoms with Crippen LogP contribution in [0.1, 0.15) is 52.9 Å². The maximum absolute atomic E-state index is 6.51. The molecular formula is C14H27ClO. The third-order valence-corrected chi connectivity index (χ3v) is 4.77. The highest BCUT2D eigenvalue weighted by molar-refractivity contribution is 6.20. The predicted molar refractivity (Wildman–Crippen MR) is 71.0 cm³/mol. The Bertz CT molecular complexity index is 191. The van der Waals surface area contributed by atoms with Gasteiger partial charge < -0.3 is 4.74 Å². The summed E-state index contributed by atoms with van der Waals surface area (Å²) in [6.07, 6.45) is 6.72. The lowest BCUT2D eigenvalue weighted by atomic mass is 9.90. The van der Waals surface area contributed by atoms with Crippen molar-refractivity contribution >= 4 is 11.6 Å². The summed E-state index contributed by atoms with van der Waals surface area (Å²) in [5.41, 5.74) is 0. The van der Waals surface area contributed by atoms with Gasteiger partial charge in [-0.3, -0.25) is 0 Å². The van der Waals surface area contributed by atoms with Gasteiger partial charge in [0.25, 0.3) is 0 Å². The van der Waals surface area contributed by atoms with Crippen molar-refractivity contribution < 1.29 is 4.74 Å². The van der Waals surface area contributed by atoms with E-state index >= 15 is 0 Å². The van der Waals surface area contributed by atoms with Crippen LogP contribution in [0.4, 0.5) is 0 Å². The lowest BCUT2D eigenvalue weighted by Gasteiger charge is -2.22. The second-order valence-corrected chi connectivity index (χ2v) is 5.98. The Morgan fingerprint density at radius 3 is 2.38 bits per heavy atom. The van der Waals surface area contributed by atoms with Crippen LogP contribution < -0.4 is 0 Å². The first-order chi connectivity index (χ1) is 7.62. The number of ether oxygens (including phenoxy) is 1. The monoisotopic (exact) mass is 246 g/mol. The Hall–Kier alpha value is 0.250. The lowest BCUT2D eigenvalue weighted by molar-refractivity contribution is 0.164. The van der Waals surface area contributed by atoms with Crippen molar-refractivity contribution in [2.45, 2.75) is 64.4 Å². The molecule has 0 heterocycles. The zero-order valence-electron chi connectivity index (χ0n) is 11.2. The van der Waals surface area contributed by atoms with E-state index in [1.807, 2.05) is 7.11 Å². The molecule has 1 rings (SSSR count). The van der Waals surface area contributed by atoms with Gasteiger partial charge in [-0.2, -0.15) is 0 Å². The summed E-state index contributed by atoms with van der Waals surface area (Å²) in [5.74, 6) is 2.22. The number of alkyl halides is 1. The average Bonchev–Trinajstić information content (AvgIpc) is 3.03. The van der Waals surface area contributed by atoms with Gasteiger partial charge in [0.05, 0.1) is 6.10 Å². The van der Waals surface area contributed by atoms with Crippen molar-refractivity contribution in [3.05, 3.63) is 0 Å².